The number of azo groups is 1. The molecule has 1 aromatic rings. The third kappa shape index (κ3) is 3.81. The molecule has 2 amide bonds. The minimum Gasteiger partial charge on any atom is -0.474 e. The average Bonchev–Trinajstić information content (AvgIpc) is 2.55. The molecule has 0 aromatic carbocycles. The summed E-state index contributed by atoms with van der Waals surface area (Å²) in [6.45, 7) is 4.90. The van der Waals surface area contributed by atoms with Gasteiger partial charge in [-0.15, -0.1) is 5.11 Å². The minimum absolute atomic E-state index is 0.0212. The van der Waals surface area contributed by atoms with Crippen molar-refractivity contribution >= 4 is 11.8 Å². The first kappa shape index (κ1) is 16.2. The SMILES string of the molecule is Cc1cc(OC2CCN(C(=O)C3C=CC(=O)N=N3)CC2)nc(C)n1. The summed E-state index contributed by atoms with van der Waals surface area (Å²) in [5.74, 6) is 0.699. The lowest BCUT2D eigenvalue weighted by atomic mass is 10.1. The normalized spacial score (nSPS) is 21.2. The summed E-state index contributed by atoms with van der Waals surface area (Å²) >= 11 is 0. The van der Waals surface area contributed by atoms with Crippen LogP contribution < -0.4 is 4.74 Å². The van der Waals surface area contributed by atoms with Crippen molar-refractivity contribution in [2.75, 3.05) is 13.1 Å². The van der Waals surface area contributed by atoms with E-state index in [0.29, 0.717) is 24.8 Å². The van der Waals surface area contributed by atoms with Gasteiger partial charge in [-0.1, -0.05) is 0 Å². The number of piperidine rings is 1. The van der Waals surface area contributed by atoms with E-state index < -0.39 is 11.9 Å². The number of hydrogen-bond acceptors (Lipinski definition) is 6. The maximum absolute atomic E-state index is 12.4. The number of amides is 2. The van der Waals surface area contributed by atoms with Crippen LogP contribution in [0.15, 0.2) is 28.4 Å². The molecular weight excluding hydrogens is 310 g/mol. The molecule has 1 unspecified atom stereocenters. The molecule has 0 bridgehead atoms. The lowest BCUT2D eigenvalue weighted by molar-refractivity contribution is -0.133. The van der Waals surface area contributed by atoms with Crippen LogP contribution in [-0.2, 0) is 9.59 Å². The summed E-state index contributed by atoms with van der Waals surface area (Å²) in [4.78, 5) is 33.6. The van der Waals surface area contributed by atoms with Crippen LogP contribution >= 0.6 is 0 Å². The van der Waals surface area contributed by atoms with Gasteiger partial charge in [0.2, 0.25) is 5.88 Å². The Kier molecular flexibility index (Phi) is 4.64. The smallest absolute Gasteiger partial charge is 0.287 e. The van der Waals surface area contributed by atoms with Crippen molar-refractivity contribution in [1.82, 2.24) is 14.9 Å². The van der Waals surface area contributed by atoms with Gasteiger partial charge < -0.3 is 9.64 Å². The van der Waals surface area contributed by atoms with E-state index in [1.54, 1.807) is 4.90 Å². The van der Waals surface area contributed by atoms with Gasteiger partial charge in [-0.3, -0.25) is 9.59 Å². The monoisotopic (exact) mass is 329 g/mol. The number of nitrogens with zero attached hydrogens (tertiary/aromatic N) is 5. The fourth-order valence-electron chi connectivity index (χ4n) is 2.79. The van der Waals surface area contributed by atoms with E-state index in [2.05, 4.69) is 20.2 Å². The minimum atomic E-state index is -0.688. The topological polar surface area (TPSA) is 97.1 Å². The fourth-order valence-corrected chi connectivity index (χ4v) is 2.79. The van der Waals surface area contributed by atoms with Crippen molar-refractivity contribution in [2.24, 2.45) is 10.2 Å². The van der Waals surface area contributed by atoms with E-state index in [1.807, 2.05) is 19.9 Å². The number of likely N-dealkylation sites (tertiary alicyclic amines) is 1. The van der Waals surface area contributed by atoms with Crippen LogP contribution in [0.4, 0.5) is 0 Å². The molecule has 1 fully saturated rings. The highest BCUT2D eigenvalue weighted by Crippen LogP contribution is 2.19. The Morgan fingerprint density at radius 2 is 2.00 bits per heavy atom. The van der Waals surface area contributed by atoms with Gasteiger partial charge in [0.1, 0.15) is 11.9 Å². The zero-order valence-corrected chi connectivity index (χ0v) is 13.7. The molecule has 0 spiro atoms. The molecule has 0 radical (unpaired) electrons. The standard InChI is InChI=1S/C16H19N5O3/c1-10-9-15(18-11(2)17-10)24-12-5-7-21(8-6-12)16(23)13-3-4-14(22)20-19-13/h3-4,9,12-13H,5-8H2,1-2H3. The lowest BCUT2D eigenvalue weighted by Gasteiger charge is -2.32. The Labute approximate surface area is 139 Å². The van der Waals surface area contributed by atoms with Crippen molar-refractivity contribution in [3.63, 3.8) is 0 Å². The zero-order valence-electron chi connectivity index (χ0n) is 13.7. The first-order chi connectivity index (χ1) is 11.5. The van der Waals surface area contributed by atoms with Crippen LogP contribution in [0.5, 0.6) is 5.88 Å². The first-order valence-electron chi connectivity index (χ1n) is 7.92. The van der Waals surface area contributed by atoms with Crippen LogP contribution in [0.3, 0.4) is 0 Å². The van der Waals surface area contributed by atoms with Gasteiger partial charge in [0.15, 0.2) is 6.04 Å². The molecule has 1 saturated heterocycles. The Balaban J connectivity index is 1.54. The summed E-state index contributed by atoms with van der Waals surface area (Å²) in [5.41, 5.74) is 0.870. The number of aryl methyl sites for hydroxylation is 2. The van der Waals surface area contributed by atoms with E-state index in [-0.39, 0.29) is 12.0 Å². The highest BCUT2D eigenvalue weighted by Gasteiger charge is 2.29. The van der Waals surface area contributed by atoms with Gasteiger partial charge in [-0.25, -0.2) is 4.98 Å². The number of aromatic nitrogens is 2. The first-order valence-corrected chi connectivity index (χ1v) is 7.92. The largest absolute Gasteiger partial charge is 0.474 e. The maximum atomic E-state index is 12.4. The van der Waals surface area contributed by atoms with E-state index in [1.165, 1.54) is 12.2 Å². The van der Waals surface area contributed by atoms with Crippen LogP contribution in [0, 0.1) is 13.8 Å². The third-order valence-electron chi connectivity index (χ3n) is 3.94. The van der Waals surface area contributed by atoms with E-state index >= 15 is 0 Å². The van der Waals surface area contributed by atoms with Crippen LogP contribution in [0.25, 0.3) is 0 Å². The fraction of sp³-hybridized carbons (Fsp3) is 0.500. The van der Waals surface area contributed by atoms with Crippen LogP contribution in [-0.4, -0.2) is 51.9 Å². The molecule has 2 aliphatic rings. The number of rotatable bonds is 3. The van der Waals surface area contributed by atoms with E-state index in [9.17, 15) is 9.59 Å². The molecule has 1 aromatic heterocycles. The predicted octanol–water partition coefficient (Wildman–Crippen LogP) is 1.38. The van der Waals surface area contributed by atoms with Crippen molar-refractivity contribution in [3.05, 3.63) is 29.7 Å². The Hall–Kier alpha value is -2.64. The summed E-state index contributed by atoms with van der Waals surface area (Å²) in [6, 6.07) is 1.13. The van der Waals surface area contributed by atoms with Gasteiger partial charge in [0.05, 0.1) is 0 Å². The van der Waals surface area contributed by atoms with Crippen LogP contribution in [0.2, 0.25) is 0 Å². The summed E-state index contributed by atoms with van der Waals surface area (Å²) in [6.07, 6.45) is 4.24. The molecule has 0 N–H and O–H groups in total. The van der Waals surface area contributed by atoms with E-state index in [0.717, 1.165) is 18.5 Å². The summed E-state index contributed by atoms with van der Waals surface area (Å²) in [5, 5.41) is 7.17. The predicted molar refractivity (Wildman–Crippen MR) is 84.5 cm³/mol. The van der Waals surface area contributed by atoms with Crippen molar-refractivity contribution in [1.29, 1.82) is 0 Å². The lowest BCUT2D eigenvalue weighted by Crippen LogP contribution is -2.45. The summed E-state index contributed by atoms with van der Waals surface area (Å²) in [7, 11) is 0. The van der Waals surface area contributed by atoms with Gasteiger partial charge in [-0.2, -0.15) is 10.1 Å². The van der Waals surface area contributed by atoms with Crippen LogP contribution in [0.1, 0.15) is 24.4 Å². The second-order valence-electron chi connectivity index (χ2n) is 5.89. The number of hydrogen-bond donors (Lipinski definition) is 0. The molecule has 3 rings (SSSR count). The van der Waals surface area contributed by atoms with Crippen molar-refractivity contribution < 1.29 is 14.3 Å². The highest BCUT2D eigenvalue weighted by molar-refractivity contribution is 5.92. The highest BCUT2D eigenvalue weighted by atomic mass is 16.5. The number of carbonyl (C=O) groups excluding carboxylic acids is 2. The number of ether oxygens (including phenoxy) is 1. The van der Waals surface area contributed by atoms with Gasteiger partial charge in [0, 0.05) is 43.8 Å². The molecule has 126 valence electrons. The molecule has 3 heterocycles. The zero-order chi connectivity index (χ0) is 17.1. The van der Waals surface area contributed by atoms with E-state index in [4.69, 9.17) is 4.74 Å². The second-order valence-corrected chi connectivity index (χ2v) is 5.89. The molecule has 1 atom stereocenters. The molecular formula is C16H19N5O3. The summed E-state index contributed by atoms with van der Waals surface area (Å²) < 4.78 is 5.91. The molecule has 0 aliphatic carbocycles. The Morgan fingerprint density at radius 3 is 2.62 bits per heavy atom. The van der Waals surface area contributed by atoms with Gasteiger partial charge in [0.25, 0.3) is 11.8 Å². The Bertz CT molecular complexity index is 671. The molecule has 8 nitrogen and oxygen atoms in total. The molecule has 8 heteroatoms. The molecule has 0 saturated carbocycles. The van der Waals surface area contributed by atoms with Gasteiger partial charge >= 0.3 is 0 Å². The Morgan fingerprint density at radius 1 is 1.25 bits per heavy atom. The second kappa shape index (κ2) is 6.86. The molecule has 24 heavy (non-hydrogen) atoms. The van der Waals surface area contributed by atoms with Gasteiger partial charge in [-0.05, 0) is 19.9 Å². The van der Waals surface area contributed by atoms with Crippen molar-refractivity contribution in [3.8, 4) is 5.88 Å². The average molecular weight is 329 g/mol. The number of carbonyl (C=O) groups is 2. The van der Waals surface area contributed by atoms with Crippen molar-refractivity contribution in [2.45, 2.75) is 38.8 Å². The third-order valence-corrected chi connectivity index (χ3v) is 3.94. The molecule has 2 aliphatic heterocycles. The maximum Gasteiger partial charge on any atom is 0.287 e. The quantitative estimate of drug-likeness (QED) is 0.834.